The molecule has 6 heteroatoms. The topological polar surface area (TPSA) is 47.5 Å². The van der Waals surface area contributed by atoms with Crippen LogP contribution < -0.4 is 14.4 Å². The fraction of sp³-hybridized carbons (Fsp3) is 0.429. The van der Waals surface area contributed by atoms with E-state index < -0.39 is 0 Å². The third-order valence-corrected chi connectivity index (χ3v) is 3.48. The van der Waals surface area contributed by atoms with Gasteiger partial charge in [-0.2, -0.15) is 0 Å². The minimum absolute atomic E-state index is 0.415. The standard InChI is InChI=1S/C14H18ClN3O2/c1-5-18(6-2)14-16-10-8-12(20-4)11(19-3)7-9(10)13(15)17-14/h7-8H,5-6H2,1-4H3. The quantitative estimate of drug-likeness (QED) is 0.793. The molecular formula is C14H18ClN3O2. The van der Waals surface area contributed by atoms with Crippen molar-refractivity contribution < 1.29 is 9.47 Å². The van der Waals surface area contributed by atoms with Crippen molar-refractivity contribution in [3.8, 4) is 11.5 Å². The van der Waals surface area contributed by atoms with Crippen molar-refractivity contribution in [1.82, 2.24) is 9.97 Å². The molecule has 108 valence electrons. The first-order valence-corrected chi connectivity index (χ1v) is 6.86. The second-order valence-electron chi connectivity index (χ2n) is 4.21. The van der Waals surface area contributed by atoms with E-state index in [1.165, 1.54) is 0 Å². The Morgan fingerprint density at radius 3 is 2.20 bits per heavy atom. The lowest BCUT2D eigenvalue weighted by molar-refractivity contribution is 0.356. The van der Waals surface area contributed by atoms with E-state index in [-0.39, 0.29) is 0 Å². The van der Waals surface area contributed by atoms with Crippen molar-refractivity contribution in [2.75, 3.05) is 32.2 Å². The van der Waals surface area contributed by atoms with Gasteiger partial charge >= 0.3 is 0 Å². The van der Waals surface area contributed by atoms with Crippen LogP contribution >= 0.6 is 11.6 Å². The van der Waals surface area contributed by atoms with Crippen LogP contribution in [-0.4, -0.2) is 37.3 Å². The molecule has 0 aliphatic heterocycles. The van der Waals surface area contributed by atoms with Gasteiger partial charge in [0.05, 0.1) is 19.7 Å². The molecule has 0 radical (unpaired) electrons. The molecule has 0 unspecified atom stereocenters. The Balaban J connectivity index is 2.64. The number of methoxy groups -OCH3 is 2. The highest BCUT2D eigenvalue weighted by Gasteiger charge is 2.14. The molecule has 0 N–H and O–H groups in total. The molecule has 2 aromatic rings. The normalized spacial score (nSPS) is 10.7. The van der Waals surface area contributed by atoms with Crippen LogP contribution in [-0.2, 0) is 0 Å². The Bertz CT molecular complexity index is 615. The minimum Gasteiger partial charge on any atom is -0.493 e. The molecule has 20 heavy (non-hydrogen) atoms. The summed E-state index contributed by atoms with van der Waals surface area (Å²) in [6.45, 7) is 5.76. The van der Waals surface area contributed by atoms with Crippen LogP contribution in [0.2, 0.25) is 5.15 Å². The SMILES string of the molecule is CCN(CC)c1nc(Cl)c2cc(OC)c(OC)cc2n1. The lowest BCUT2D eigenvalue weighted by atomic mass is 10.2. The minimum atomic E-state index is 0.415. The zero-order chi connectivity index (χ0) is 14.7. The third kappa shape index (κ3) is 2.58. The first kappa shape index (κ1) is 14.7. The molecule has 0 saturated heterocycles. The summed E-state index contributed by atoms with van der Waals surface area (Å²) in [6, 6.07) is 3.61. The molecule has 0 aliphatic rings. The molecule has 0 amide bonds. The van der Waals surface area contributed by atoms with E-state index in [4.69, 9.17) is 21.1 Å². The van der Waals surface area contributed by atoms with E-state index >= 15 is 0 Å². The Morgan fingerprint density at radius 1 is 1.05 bits per heavy atom. The van der Waals surface area contributed by atoms with Crippen molar-refractivity contribution >= 4 is 28.5 Å². The average Bonchev–Trinajstić information content (AvgIpc) is 2.47. The molecule has 1 aromatic carbocycles. The molecular weight excluding hydrogens is 278 g/mol. The van der Waals surface area contributed by atoms with Gasteiger partial charge in [0, 0.05) is 24.5 Å². The molecule has 0 atom stereocenters. The zero-order valence-electron chi connectivity index (χ0n) is 12.1. The fourth-order valence-corrected chi connectivity index (χ4v) is 2.28. The number of aromatic nitrogens is 2. The molecule has 0 saturated carbocycles. The largest absolute Gasteiger partial charge is 0.493 e. The number of hydrogen-bond donors (Lipinski definition) is 0. The van der Waals surface area contributed by atoms with Crippen molar-refractivity contribution in [2.45, 2.75) is 13.8 Å². The van der Waals surface area contributed by atoms with Crippen LogP contribution in [0.1, 0.15) is 13.8 Å². The third-order valence-electron chi connectivity index (χ3n) is 3.19. The van der Waals surface area contributed by atoms with Crippen LogP contribution in [0.5, 0.6) is 11.5 Å². The average molecular weight is 296 g/mol. The van der Waals surface area contributed by atoms with Gasteiger partial charge in [0.1, 0.15) is 5.15 Å². The number of hydrogen-bond acceptors (Lipinski definition) is 5. The lowest BCUT2D eigenvalue weighted by Gasteiger charge is -2.19. The monoisotopic (exact) mass is 295 g/mol. The Hall–Kier alpha value is -1.75. The van der Waals surface area contributed by atoms with Gasteiger partial charge in [-0.1, -0.05) is 11.6 Å². The van der Waals surface area contributed by atoms with Crippen LogP contribution in [0.25, 0.3) is 10.9 Å². The van der Waals surface area contributed by atoms with Crippen LogP contribution in [0, 0.1) is 0 Å². The van der Waals surface area contributed by atoms with Crippen molar-refractivity contribution in [3.05, 3.63) is 17.3 Å². The van der Waals surface area contributed by atoms with Crippen molar-refractivity contribution in [1.29, 1.82) is 0 Å². The summed E-state index contributed by atoms with van der Waals surface area (Å²) >= 11 is 6.27. The van der Waals surface area contributed by atoms with Crippen LogP contribution in [0.15, 0.2) is 12.1 Å². The van der Waals surface area contributed by atoms with Gasteiger partial charge in [0.15, 0.2) is 11.5 Å². The highest BCUT2D eigenvalue weighted by Crippen LogP contribution is 2.34. The Labute approximate surface area is 123 Å². The highest BCUT2D eigenvalue weighted by molar-refractivity contribution is 6.34. The van der Waals surface area contributed by atoms with E-state index in [9.17, 15) is 0 Å². The lowest BCUT2D eigenvalue weighted by Crippen LogP contribution is -2.24. The van der Waals surface area contributed by atoms with Gasteiger partial charge in [-0.3, -0.25) is 0 Å². The molecule has 1 heterocycles. The van der Waals surface area contributed by atoms with Gasteiger partial charge < -0.3 is 14.4 Å². The van der Waals surface area contributed by atoms with E-state index in [0.29, 0.717) is 22.6 Å². The van der Waals surface area contributed by atoms with Gasteiger partial charge in [0.2, 0.25) is 5.95 Å². The van der Waals surface area contributed by atoms with E-state index in [1.807, 2.05) is 11.0 Å². The molecule has 0 aliphatic carbocycles. The van der Waals surface area contributed by atoms with E-state index in [0.717, 1.165) is 24.0 Å². The maximum atomic E-state index is 6.27. The molecule has 0 fully saturated rings. The number of ether oxygens (including phenoxy) is 2. The number of rotatable bonds is 5. The predicted molar refractivity (Wildman–Crippen MR) is 81.2 cm³/mol. The Kier molecular flexibility index (Phi) is 4.49. The zero-order valence-corrected chi connectivity index (χ0v) is 12.9. The second-order valence-corrected chi connectivity index (χ2v) is 4.57. The number of benzene rings is 1. The maximum absolute atomic E-state index is 6.27. The van der Waals surface area contributed by atoms with Crippen molar-refractivity contribution in [3.63, 3.8) is 0 Å². The smallest absolute Gasteiger partial charge is 0.227 e. The van der Waals surface area contributed by atoms with Gasteiger partial charge in [-0.15, -0.1) is 0 Å². The summed E-state index contributed by atoms with van der Waals surface area (Å²) in [7, 11) is 3.18. The predicted octanol–water partition coefficient (Wildman–Crippen LogP) is 3.15. The molecule has 0 bridgehead atoms. The number of anilines is 1. The summed E-state index contributed by atoms with van der Waals surface area (Å²) in [6.07, 6.45) is 0. The molecule has 0 spiro atoms. The summed E-state index contributed by atoms with van der Waals surface area (Å²) in [4.78, 5) is 11.0. The Morgan fingerprint density at radius 2 is 1.65 bits per heavy atom. The molecule has 2 rings (SSSR count). The summed E-state index contributed by atoms with van der Waals surface area (Å²) in [5.74, 6) is 1.86. The highest BCUT2D eigenvalue weighted by atomic mass is 35.5. The second kappa shape index (κ2) is 6.13. The summed E-state index contributed by atoms with van der Waals surface area (Å²) in [5, 5.41) is 1.16. The fourth-order valence-electron chi connectivity index (χ4n) is 2.05. The van der Waals surface area contributed by atoms with Crippen LogP contribution in [0.4, 0.5) is 5.95 Å². The first-order valence-electron chi connectivity index (χ1n) is 6.48. The summed E-state index contributed by atoms with van der Waals surface area (Å²) in [5.41, 5.74) is 0.740. The van der Waals surface area contributed by atoms with Gasteiger partial charge in [-0.05, 0) is 19.9 Å². The maximum Gasteiger partial charge on any atom is 0.227 e. The molecule has 1 aromatic heterocycles. The van der Waals surface area contributed by atoms with Gasteiger partial charge in [0.25, 0.3) is 0 Å². The van der Waals surface area contributed by atoms with Crippen LogP contribution in [0.3, 0.4) is 0 Å². The molecule has 5 nitrogen and oxygen atoms in total. The number of fused-ring (bicyclic) bond motifs is 1. The van der Waals surface area contributed by atoms with Crippen molar-refractivity contribution in [2.24, 2.45) is 0 Å². The number of nitrogens with zero attached hydrogens (tertiary/aromatic N) is 3. The van der Waals surface area contributed by atoms with E-state index in [1.54, 1.807) is 20.3 Å². The van der Waals surface area contributed by atoms with E-state index in [2.05, 4.69) is 23.8 Å². The summed E-state index contributed by atoms with van der Waals surface area (Å²) < 4.78 is 10.6. The van der Waals surface area contributed by atoms with Gasteiger partial charge in [-0.25, -0.2) is 9.97 Å². The number of halogens is 1. The first-order chi connectivity index (χ1) is 9.64.